The zero-order chi connectivity index (χ0) is 15.6. The van der Waals surface area contributed by atoms with Crippen molar-refractivity contribution in [2.75, 3.05) is 40.9 Å². The number of aromatic nitrogens is 2. The maximum Gasteiger partial charge on any atom is 0.224 e. The summed E-state index contributed by atoms with van der Waals surface area (Å²) in [6.07, 6.45) is 3.69. The summed E-state index contributed by atoms with van der Waals surface area (Å²) in [4.78, 5) is 11.2. The van der Waals surface area contributed by atoms with Crippen molar-refractivity contribution in [3.05, 3.63) is 35.9 Å². The molecule has 4 rings (SSSR count). The van der Waals surface area contributed by atoms with Crippen LogP contribution >= 0.6 is 24.8 Å². The predicted octanol–water partition coefficient (Wildman–Crippen LogP) is 3.47. The van der Waals surface area contributed by atoms with Crippen molar-refractivity contribution >= 4 is 48.1 Å². The Hall–Kier alpha value is -1.92. The van der Waals surface area contributed by atoms with Gasteiger partial charge >= 0.3 is 0 Å². The molecule has 0 amide bonds. The molecule has 2 aliphatic heterocycles. The lowest BCUT2D eigenvalue weighted by Gasteiger charge is -2.34. The summed E-state index contributed by atoms with van der Waals surface area (Å²) < 4.78 is 0. The quantitative estimate of drug-likeness (QED) is 0.737. The molecule has 0 bridgehead atoms. The smallest absolute Gasteiger partial charge is 0.224 e. The van der Waals surface area contributed by atoms with E-state index in [-0.39, 0.29) is 30.9 Å². The number of fused-ring (bicyclic) bond motifs is 1. The van der Waals surface area contributed by atoms with Gasteiger partial charge in [0.15, 0.2) is 11.6 Å². The molecular formula is C17H24Cl2N6. The van der Waals surface area contributed by atoms with Crippen molar-refractivity contribution in [3.63, 3.8) is 0 Å². The Morgan fingerprint density at radius 3 is 2.44 bits per heavy atom. The third kappa shape index (κ3) is 4.02. The highest BCUT2D eigenvalue weighted by Crippen LogP contribution is 2.38. The Bertz CT molecular complexity index is 691. The highest BCUT2D eigenvalue weighted by molar-refractivity contribution is 5.85. The summed E-state index contributed by atoms with van der Waals surface area (Å²) in [6.45, 7) is 2.84. The number of benzene rings is 1. The highest BCUT2D eigenvalue weighted by atomic mass is 35.5. The number of nitrogens with two attached hydrogens (primary N) is 1. The van der Waals surface area contributed by atoms with Crippen LogP contribution in [-0.2, 0) is 0 Å². The molecule has 0 radical (unpaired) electrons. The summed E-state index contributed by atoms with van der Waals surface area (Å²) >= 11 is 0. The molecule has 3 heterocycles. The SMILES string of the molecule is Cl.Cl.Nc1nc2c(c(N3CCCCC3)n1)NC(c1ccccc1)CN2. The number of halogens is 2. The Morgan fingerprint density at radius 1 is 1.00 bits per heavy atom. The minimum atomic E-state index is 0. The van der Waals surface area contributed by atoms with Gasteiger partial charge in [0, 0.05) is 19.6 Å². The van der Waals surface area contributed by atoms with Gasteiger partial charge in [0.05, 0.1) is 6.04 Å². The van der Waals surface area contributed by atoms with Crippen molar-refractivity contribution in [1.82, 2.24) is 9.97 Å². The Balaban J connectivity index is 0.00000113. The molecule has 2 aromatic rings. The minimum Gasteiger partial charge on any atom is -0.370 e. The molecule has 1 unspecified atom stereocenters. The number of piperidine rings is 1. The van der Waals surface area contributed by atoms with Gasteiger partial charge in [0.25, 0.3) is 0 Å². The zero-order valence-corrected chi connectivity index (χ0v) is 15.6. The van der Waals surface area contributed by atoms with Crippen LogP contribution in [0.3, 0.4) is 0 Å². The molecule has 2 aliphatic rings. The van der Waals surface area contributed by atoms with Gasteiger partial charge in [0.2, 0.25) is 5.95 Å². The monoisotopic (exact) mass is 382 g/mol. The number of nitrogen functional groups attached to an aromatic ring is 1. The average Bonchev–Trinajstić information content (AvgIpc) is 2.62. The Kier molecular flexibility index (Phi) is 6.56. The van der Waals surface area contributed by atoms with Crippen LogP contribution in [0.5, 0.6) is 0 Å². The largest absolute Gasteiger partial charge is 0.370 e. The second-order valence-electron chi connectivity index (χ2n) is 6.17. The maximum atomic E-state index is 5.92. The van der Waals surface area contributed by atoms with Crippen LogP contribution < -0.4 is 21.3 Å². The second-order valence-corrected chi connectivity index (χ2v) is 6.17. The molecule has 0 spiro atoms. The highest BCUT2D eigenvalue weighted by Gasteiger charge is 2.26. The standard InChI is InChI=1S/C17H22N6.2ClH/c18-17-21-15-14(16(22-17)23-9-5-2-6-10-23)20-13(11-19-15)12-7-3-1-4-8-12;;/h1,3-4,7-8,13,20H,2,5-6,9-11H2,(H3,18,19,21,22);2*1H. The van der Waals surface area contributed by atoms with Crippen molar-refractivity contribution in [2.24, 2.45) is 0 Å². The first-order valence-electron chi connectivity index (χ1n) is 8.29. The first-order chi connectivity index (χ1) is 11.3. The van der Waals surface area contributed by atoms with Gasteiger partial charge in [-0.3, -0.25) is 0 Å². The van der Waals surface area contributed by atoms with Crippen LogP contribution in [0.2, 0.25) is 0 Å². The van der Waals surface area contributed by atoms with Gasteiger partial charge < -0.3 is 21.3 Å². The van der Waals surface area contributed by atoms with Crippen molar-refractivity contribution < 1.29 is 0 Å². The van der Waals surface area contributed by atoms with Gasteiger partial charge in [-0.25, -0.2) is 0 Å². The van der Waals surface area contributed by atoms with E-state index < -0.39 is 0 Å². The molecule has 1 saturated heterocycles. The summed E-state index contributed by atoms with van der Waals surface area (Å²) in [6, 6.07) is 10.7. The van der Waals surface area contributed by atoms with Gasteiger partial charge in [-0.05, 0) is 24.8 Å². The van der Waals surface area contributed by atoms with Gasteiger partial charge in [-0.15, -0.1) is 24.8 Å². The third-order valence-corrected chi connectivity index (χ3v) is 4.56. The molecular weight excluding hydrogens is 359 g/mol. The average molecular weight is 383 g/mol. The van der Waals surface area contributed by atoms with Crippen molar-refractivity contribution in [2.45, 2.75) is 25.3 Å². The normalized spacial score (nSPS) is 18.7. The lowest BCUT2D eigenvalue weighted by Crippen LogP contribution is -2.34. The van der Waals surface area contributed by atoms with Crippen molar-refractivity contribution in [3.8, 4) is 0 Å². The number of anilines is 4. The molecule has 8 heteroatoms. The number of nitrogens with one attached hydrogen (secondary N) is 2. The summed E-state index contributed by atoms with van der Waals surface area (Å²) in [7, 11) is 0. The predicted molar refractivity (Wildman–Crippen MR) is 108 cm³/mol. The van der Waals surface area contributed by atoms with Crippen LogP contribution in [0.1, 0.15) is 30.9 Å². The van der Waals surface area contributed by atoms with E-state index in [1.54, 1.807) is 0 Å². The summed E-state index contributed by atoms with van der Waals surface area (Å²) in [5, 5.41) is 7.03. The molecule has 0 aliphatic carbocycles. The molecule has 4 N–H and O–H groups in total. The third-order valence-electron chi connectivity index (χ3n) is 4.56. The van der Waals surface area contributed by atoms with E-state index in [2.05, 4.69) is 49.8 Å². The number of hydrogen-bond donors (Lipinski definition) is 3. The van der Waals surface area contributed by atoms with E-state index in [4.69, 9.17) is 5.73 Å². The van der Waals surface area contributed by atoms with Crippen LogP contribution in [0, 0.1) is 0 Å². The van der Waals surface area contributed by atoms with Crippen molar-refractivity contribution in [1.29, 1.82) is 0 Å². The molecule has 1 fully saturated rings. The molecule has 1 atom stereocenters. The number of hydrogen-bond acceptors (Lipinski definition) is 6. The Labute approximate surface area is 160 Å². The lowest BCUT2D eigenvalue weighted by molar-refractivity contribution is 0.573. The van der Waals surface area contributed by atoms with Gasteiger partial charge in [0.1, 0.15) is 5.69 Å². The second kappa shape index (κ2) is 8.45. The van der Waals surface area contributed by atoms with Crippen LogP contribution in [-0.4, -0.2) is 29.6 Å². The van der Waals surface area contributed by atoms with Gasteiger partial charge in [-0.2, -0.15) is 9.97 Å². The van der Waals surface area contributed by atoms with E-state index in [0.29, 0.717) is 5.95 Å². The molecule has 1 aromatic heterocycles. The molecule has 25 heavy (non-hydrogen) atoms. The van der Waals surface area contributed by atoms with E-state index in [0.717, 1.165) is 37.0 Å². The fraction of sp³-hybridized carbons (Fsp3) is 0.412. The van der Waals surface area contributed by atoms with E-state index in [1.807, 2.05) is 6.07 Å². The lowest BCUT2D eigenvalue weighted by atomic mass is 10.0. The van der Waals surface area contributed by atoms with Crippen LogP contribution in [0.15, 0.2) is 30.3 Å². The molecule has 6 nitrogen and oxygen atoms in total. The topological polar surface area (TPSA) is 79.1 Å². The Morgan fingerprint density at radius 2 is 1.72 bits per heavy atom. The zero-order valence-electron chi connectivity index (χ0n) is 13.9. The van der Waals surface area contributed by atoms with Gasteiger partial charge in [-0.1, -0.05) is 30.3 Å². The minimum absolute atomic E-state index is 0. The first-order valence-corrected chi connectivity index (χ1v) is 8.29. The summed E-state index contributed by atoms with van der Waals surface area (Å²) in [5.74, 6) is 2.07. The van der Waals surface area contributed by atoms with Crippen LogP contribution in [0.25, 0.3) is 0 Å². The van der Waals surface area contributed by atoms with Crippen LogP contribution in [0.4, 0.5) is 23.3 Å². The molecule has 0 saturated carbocycles. The summed E-state index contributed by atoms with van der Waals surface area (Å²) in [5.41, 5.74) is 8.15. The molecule has 136 valence electrons. The number of rotatable bonds is 2. The van der Waals surface area contributed by atoms with E-state index >= 15 is 0 Å². The maximum absolute atomic E-state index is 5.92. The fourth-order valence-corrected chi connectivity index (χ4v) is 3.37. The fourth-order valence-electron chi connectivity index (χ4n) is 3.37. The van der Waals surface area contributed by atoms with E-state index in [9.17, 15) is 0 Å². The number of nitrogens with zero attached hydrogens (tertiary/aromatic N) is 3. The first kappa shape index (κ1) is 19.4. The van der Waals surface area contributed by atoms with E-state index in [1.165, 1.54) is 24.8 Å². The molecule has 1 aromatic carbocycles.